The summed E-state index contributed by atoms with van der Waals surface area (Å²) in [7, 11) is 0. The van der Waals surface area contributed by atoms with Crippen LogP contribution in [0.3, 0.4) is 0 Å². The molecule has 2 nitrogen and oxygen atoms in total. The van der Waals surface area contributed by atoms with Crippen molar-refractivity contribution in [3.63, 3.8) is 0 Å². The van der Waals surface area contributed by atoms with Crippen LogP contribution in [-0.2, 0) is 0 Å². The van der Waals surface area contributed by atoms with E-state index in [2.05, 4.69) is 15.9 Å². The zero-order valence-corrected chi connectivity index (χ0v) is 11.2. The van der Waals surface area contributed by atoms with Crippen LogP contribution in [0.5, 0.6) is 11.5 Å². The number of benzene rings is 2. The summed E-state index contributed by atoms with van der Waals surface area (Å²) in [5.74, 6) is -0.495. The van der Waals surface area contributed by atoms with Crippen molar-refractivity contribution < 1.29 is 13.5 Å². The molecule has 0 aliphatic heterocycles. The molecule has 94 valence electrons. The van der Waals surface area contributed by atoms with Gasteiger partial charge < -0.3 is 10.5 Å². The molecule has 0 saturated carbocycles. The van der Waals surface area contributed by atoms with Crippen molar-refractivity contribution in [2.24, 2.45) is 0 Å². The lowest BCUT2D eigenvalue weighted by Crippen LogP contribution is -1.94. The van der Waals surface area contributed by atoms with E-state index in [4.69, 9.17) is 22.1 Å². The second kappa shape index (κ2) is 5.12. The van der Waals surface area contributed by atoms with Crippen molar-refractivity contribution in [3.05, 3.63) is 51.5 Å². The predicted octanol–water partition coefficient (Wildman–Crippen LogP) is 4.76. The fourth-order valence-electron chi connectivity index (χ4n) is 1.31. The molecule has 0 aliphatic rings. The first-order valence-corrected chi connectivity index (χ1v) is 6.02. The van der Waals surface area contributed by atoms with Crippen LogP contribution >= 0.6 is 27.5 Å². The van der Waals surface area contributed by atoms with E-state index in [0.29, 0.717) is 0 Å². The Kier molecular flexibility index (Phi) is 3.73. The zero-order valence-electron chi connectivity index (χ0n) is 8.88. The fourth-order valence-corrected chi connectivity index (χ4v) is 1.84. The van der Waals surface area contributed by atoms with E-state index in [1.54, 1.807) is 0 Å². The fraction of sp³-hybridized carbons (Fsp3) is 0. The number of anilines is 1. The van der Waals surface area contributed by atoms with Gasteiger partial charge in [-0.1, -0.05) is 11.6 Å². The molecule has 0 spiro atoms. The number of halogens is 4. The molecule has 18 heavy (non-hydrogen) atoms. The maximum atomic E-state index is 13.2. The Hall–Kier alpha value is -1.33. The Labute approximate surface area is 115 Å². The van der Waals surface area contributed by atoms with E-state index in [0.717, 1.165) is 12.1 Å². The summed E-state index contributed by atoms with van der Waals surface area (Å²) in [5.41, 5.74) is 5.74. The molecular formula is C12H7BrClF2NO. The minimum absolute atomic E-state index is 0.106. The summed E-state index contributed by atoms with van der Waals surface area (Å²) in [6.07, 6.45) is 0. The molecule has 0 atom stereocenters. The first kappa shape index (κ1) is 13.1. The molecule has 0 bridgehead atoms. The molecule has 0 heterocycles. The van der Waals surface area contributed by atoms with Crippen LogP contribution < -0.4 is 10.5 Å². The number of rotatable bonds is 2. The zero-order chi connectivity index (χ0) is 13.3. The summed E-state index contributed by atoms with van der Waals surface area (Å²) < 4.78 is 31.7. The highest BCUT2D eigenvalue weighted by atomic mass is 79.9. The van der Waals surface area contributed by atoms with Gasteiger partial charge >= 0.3 is 0 Å². The van der Waals surface area contributed by atoms with Gasteiger partial charge in [0.05, 0.1) is 15.2 Å². The standard InChI is InChI=1S/C12H7BrClF2NO/c13-7-4-12(10(17)5-9(7)16)18-11-2-1-6(15)3-8(11)14/h1-5H,17H2. The van der Waals surface area contributed by atoms with Crippen molar-refractivity contribution in [1.82, 2.24) is 0 Å². The van der Waals surface area contributed by atoms with E-state index < -0.39 is 11.6 Å². The van der Waals surface area contributed by atoms with Gasteiger partial charge in [-0.25, -0.2) is 8.78 Å². The van der Waals surface area contributed by atoms with Gasteiger partial charge in [-0.15, -0.1) is 0 Å². The van der Waals surface area contributed by atoms with Crippen LogP contribution in [0.2, 0.25) is 5.02 Å². The molecule has 6 heteroatoms. The number of nitrogen functional groups attached to an aromatic ring is 1. The lowest BCUT2D eigenvalue weighted by Gasteiger charge is -2.10. The highest BCUT2D eigenvalue weighted by Gasteiger charge is 2.10. The maximum Gasteiger partial charge on any atom is 0.151 e. The van der Waals surface area contributed by atoms with E-state index >= 15 is 0 Å². The SMILES string of the molecule is Nc1cc(F)c(Br)cc1Oc1ccc(F)cc1Cl. The minimum atomic E-state index is -0.495. The summed E-state index contributed by atoms with van der Waals surface area (Å²) >= 11 is 8.83. The van der Waals surface area contributed by atoms with Gasteiger partial charge in [0.2, 0.25) is 0 Å². The van der Waals surface area contributed by atoms with E-state index in [1.165, 1.54) is 18.2 Å². The van der Waals surface area contributed by atoms with Crippen molar-refractivity contribution in [3.8, 4) is 11.5 Å². The Balaban J connectivity index is 2.37. The van der Waals surface area contributed by atoms with E-state index in [9.17, 15) is 8.78 Å². The van der Waals surface area contributed by atoms with Crippen LogP contribution in [0.1, 0.15) is 0 Å². The summed E-state index contributed by atoms with van der Waals surface area (Å²) in [6.45, 7) is 0. The van der Waals surface area contributed by atoms with Gasteiger partial charge in [-0.05, 0) is 34.1 Å². The van der Waals surface area contributed by atoms with Gasteiger partial charge in [-0.3, -0.25) is 0 Å². The van der Waals surface area contributed by atoms with Crippen LogP contribution in [0.4, 0.5) is 14.5 Å². The van der Waals surface area contributed by atoms with Crippen molar-refractivity contribution in [2.45, 2.75) is 0 Å². The lowest BCUT2D eigenvalue weighted by molar-refractivity contribution is 0.480. The molecule has 0 aromatic heterocycles. The predicted molar refractivity (Wildman–Crippen MR) is 70.0 cm³/mol. The quantitative estimate of drug-likeness (QED) is 0.804. The minimum Gasteiger partial charge on any atom is -0.454 e. The van der Waals surface area contributed by atoms with Gasteiger partial charge in [0, 0.05) is 12.1 Å². The molecule has 2 aromatic carbocycles. The van der Waals surface area contributed by atoms with Crippen molar-refractivity contribution >= 4 is 33.2 Å². The summed E-state index contributed by atoms with van der Waals surface area (Å²) in [5, 5.41) is 0.106. The number of nitrogens with two attached hydrogens (primary N) is 1. The summed E-state index contributed by atoms with van der Waals surface area (Å²) in [6, 6.07) is 6.19. The highest BCUT2D eigenvalue weighted by molar-refractivity contribution is 9.10. The Bertz CT molecular complexity index is 607. The second-order valence-electron chi connectivity index (χ2n) is 3.48. The largest absolute Gasteiger partial charge is 0.454 e. The molecule has 2 rings (SSSR count). The summed E-state index contributed by atoms with van der Waals surface area (Å²) in [4.78, 5) is 0. The Morgan fingerprint density at radius 1 is 1.11 bits per heavy atom. The molecule has 0 unspecified atom stereocenters. The number of hydrogen-bond acceptors (Lipinski definition) is 2. The van der Waals surface area contributed by atoms with Crippen LogP contribution in [0.25, 0.3) is 0 Å². The van der Waals surface area contributed by atoms with E-state index in [-0.39, 0.29) is 26.7 Å². The van der Waals surface area contributed by atoms with Gasteiger partial charge in [0.1, 0.15) is 17.4 Å². The normalized spacial score (nSPS) is 10.4. The Morgan fingerprint density at radius 2 is 1.83 bits per heavy atom. The molecule has 0 fully saturated rings. The molecule has 0 aliphatic carbocycles. The third kappa shape index (κ3) is 2.73. The monoisotopic (exact) mass is 333 g/mol. The van der Waals surface area contributed by atoms with Crippen molar-refractivity contribution in [2.75, 3.05) is 5.73 Å². The van der Waals surface area contributed by atoms with Gasteiger partial charge in [-0.2, -0.15) is 0 Å². The average molecular weight is 335 g/mol. The lowest BCUT2D eigenvalue weighted by atomic mass is 10.3. The second-order valence-corrected chi connectivity index (χ2v) is 4.74. The van der Waals surface area contributed by atoms with Crippen LogP contribution in [-0.4, -0.2) is 0 Å². The third-order valence-electron chi connectivity index (χ3n) is 2.17. The Morgan fingerprint density at radius 3 is 2.50 bits per heavy atom. The first-order chi connectivity index (χ1) is 8.47. The molecule has 0 amide bonds. The smallest absolute Gasteiger partial charge is 0.151 e. The van der Waals surface area contributed by atoms with Crippen molar-refractivity contribution in [1.29, 1.82) is 0 Å². The molecule has 0 saturated heterocycles. The molecule has 0 radical (unpaired) electrons. The molecule has 2 aromatic rings. The maximum absolute atomic E-state index is 13.2. The highest BCUT2D eigenvalue weighted by Crippen LogP contribution is 2.35. The first-order valence-electron chi connectivity index (χ1n) is 4.85. The van der Waals surface area contributed by atoms with E-state index in [1.807, 2.05) is 0 Å². The topological polar surface area (TPSA) is 35.2 Å². The van der Waals surface area contributed by atoms with Gasteiger partial charge in [0.25, 0.3) is 0 Å². The molecular weight excluding hydrogens is 327 g/mol. The van der Waals surface area contributed by atoms with Crippen LogP contribution in [0.15, 0.2) is 34.8 Å². The number of ether oxygens (including phenoxy) is 1. The molecule has 2 N–H and O–H groups in total. The average Bonchev–Trinajstić information content (AvgIpc) is 2.29. The van der Waals surface area contributed by atoms with Crippen LogP contribution in [0, 0.1) is 11.6 Å². The third-order valence-corrected chi connectivity index (χ3v) is 3.07. The van der Waals surface area contributed by atoms with Gasteiger partial charge in [0.15, 0.2) is 5.75 Å². The number of hydrogen-bond donors (Lipinski definition) is 1.